The van der Waals surface area contributed by atoms with Gasteiger partial charge in [0.25, 0.3) is 0 Å². The van der Waals surface area contributed by atoms with Gasteiger partial charge in [-0.05, 0) is 58.4 Å². The summed E-state index contributed by atoms with van der Waals surface area (Å²) >= 11 is 6.42. The van der Waals surface area contributed by atoms with Crippen LogP contribution in [0.15, 0.2) is 0 Å². The molecule has 3 aliphatic rings. The highest BCUT2D eigenvalue weighted by atomic mass is 35.5. The van der Waals surface area contributed by atoms with Crippen LogP contribution in [0.2, 0.25) is 5.15 Å². The monoisotopic (exact) mass is 291 g/mol. The molecule has 0 N–H and O–H groups in total. The molecule has 2 saturated heterocycles. The largest absolute Gasteiger partial charge is 0.300 e. The van der Waals surface area contributed by atoms with E-state index in [1.807, 2.05) is 0 Å². The topological polar surface area (TPSA) is 29.0 Å². The maximum atomic E-state index is 6.42. The van der Waals surface area contributed by atoms with Gasteiger partial charge in [-0.25, -0.2) is 9.97 Å². The number of hydrogen-bond acceptors (Lipinski definition) is 3. The highest BCUT2D eigenvalue weighted by Crippen LogP contribution is 2.41. The van der Waals surface area contributed by atoms with Gasteiger partial charge in [0, 0.05) is 29.3 Å². The molecule has 2 bridgehead atoms. The predicted octanol–water partition coefficient (Wildman–Crippen LogP) is 3.35. The second-order valence-electron chi connectivity index (χ2n) is 6.72. The molecule has 3 heterocycles. The van der Waals surface area contributed by atoms with E-state index in [4.69, 9.17) is 16.6 Å². The molecule has 20 heavy (non-hydrogen) atoms. The number of aromatic nitrogens is 2. The highest BCUT2D eigenvalue weighted by Gasteiger charge is 2.40. The number of fused-ring (bicyclic) bond motifs is 3. The molecule has 4 heteroatoms. The zero-order valence-corrected chi connectivity index (χ0v) is 12.9. The average Bonchev–Trinajstić information content (AvgIpc) is 2.68. The van der Waals surface area contributed by atoms with Crippen LogP contribution in [0.3, 0.4) is 0 Å². The predicted molar refractivity (Wildman–Crippen MR) is 80.2 cm³/mol. The fourth-order valence-electron chi connectivity index (χ4n) is 4.37. The number of halogens is 1. The third-order valence-electron chi connectivity index (χ3n) is 5.61. The Hall–Kier alpha value is -0.670. The summed E-state index contributed by atoms with van der Waals surface area (Å²) in [7, 11) is 2.28. The van der Waals surface area contributed by atoms with Gasteiger partial charge >= 0.3 is 0 Å². The van der Waals surface area contributed by atoms with Crippen molar-refractivity contribution in [3.05, 3.63) is 22.2 Å². The van der Waals surface area contributed by atoms with Crippen molar-refractivity contribution in [3.8, 4) is 0 Å². The van der Waals surface area contributed by atoms with Gasteiger partial charge in [-0.1, -0.05) is 11.6 Å². The summed E-state index contributed by atoms with van der Waals surface area (Å²) in [6.45, 7) is 0. The lowest BCUT2D eigenvalue weighted by Gasteiger charge is -2.35. The standard InChI is InChI=1S/C16H22ClN3/c1-20-11-6-7-12(20)9-10(8-11)16-18-14-5-3-2-4-13(14)15(17)19-16/h10-12H,2-9H2,1H3. The average molecular weight is 292 g/mol. The van der Waals surface area contributed by atoms with Crippen LogP contribution in [0.5, 0.6) is 0 Å². The van der Waals surface area contributed by atoms with Crippen LogP contribution in [-0.4, -0.2) is 34.0 Å². The minimum atomic E-state index is 0.522. The Labute approximate surface area is 125 Å². The van der Waals surface area contributed by atoms with Crippen molar-refractivity contribution < 1.29 is 0 Å². The van der Waals surface area contributed by atoms with Crippen LogP contribution in [-0.2, 0) is 12.8 Å². The van der Waals surface area contributed by atoms with Crippen molar-refractivity contribution in [2.45, 2.75) is 69.4 Å². The number of aryl methyl sites for hydroxylation is 1. The Balaban J connectivity index is 1.64. The minimum Gasteiger partial charge on any atom is -0.300 e. The Bertz CT molecular complexity index is 517. The van der Waals surface area contributed by atoms with E-state index in [9.17, 15) is 0 Å². The van der Waals surface area contributed by atoms with Crippen LogP contribution in [0.4, 0.5) is 0 Å². The third-order valence-corrected chi connectivity index (χ3v) is 5.93. The molecule has 4 rings (SSSR count). The van der Waals surface area contributed by atoms with Gasteiger partial charge in [0.15, 0.2) is 0 Å². The molecule has 108 valence electrons. The van der Waals surface area contributed by atoms with E-state index < -0.39 is 0 Å². The van der Waals surface area contributed by atoms with E-state index in [-0.39, 0.29) is 0 Å². The van der Waals surface area contributed by atoms with E-state index in [1.165, 1.54) is 49.8 Å². The van der Waals surface area contributed by atoms with Gasteiger partial charge in [0.2, 0.25) is 0 Å². The Kier molecular flexibility index (Phi) is 3.23. The number of hydrogen-bond donors (Lipinski definition) is 0. The summed E-state index contributed by atoms with van der Waals surface area (Å²) < 4.78 is 0. The number of nitrogens with zero attached hydrogens (tertiary/aromatic N) is 3. The van der Waals surface area contributed by atoms with E-state index in [2.05, 4.69) is 16.9 Å². The number of piperidine rings is 1. The first-order valence-corrected chi connectivity index (χ1v) is 8.37. The molecule has 2 fully saturated rings. The summed E-state index contributed by atoms with van der Waals surface area (Å²) in [6.07, 6.45) is 9.74. The fraction of sp³-hybridized carbons (Fsp3) is 0.750. The van der Waals surface area contributed by atoms with Gasteiger partial charge in [-0.15, -0.1) is 0 Å². The molecular formula is C16H22ClN3. The summed E-state index contributed by atoms with van der Waals surface area (Å²) in [5, 5.41) is 0.732. The number of rotatable bonds is 1. The quantitative estimate of drug-likeness (QED) is 0.743. The van der Waals surface area contributed by atoms with Crippen LogP contribution in [0.1, 0.15) is 61.5 Å². The smallest absolute Gasteiger partial charge is 0.136 e. The molecule has 2 atom stereocenters. The highest BCUT2D eigenvalue weighted by molar-refractivity contribution is 6.30. The first-order chi connectivity index (χ1) is 9.72. The van der Waals surface area contributed by atoms with Gasteiger partial charge in [0.05, 0.1) is 0 Å². The molecule has 3 nitrogen and oxygen atoms in total. The molecule has 1 aromatic heterocycles. The Morgan fingerprint density at radius 3 is 2.50 bits per heavy atom. The molecule has 0 radical (unpaired) electrons. The van der Waals surface area contributed by atoms with Crippen LogP contribution >= 0.6 is 11.6 Å². The zero-order chi connectivity index (χ0) is 13.7. The first-order valence-electron chi connectivity index (χ1n) is 7.99. The van der Waals surface area contributed by atoms with Gasteiger partial charge < -0.3 is 4.90 Å². The van der Waals surface area contributed by atoms with Crippen LogP contribution in [0.25, 0.3) is 0 Å². The van der Waals surface area contributed by atoms with E-state index in [0.717, 1.165) is 35.9 Å². The molecule has 0 spiro atoms. The zero-order valence-electron chi connectivity index (χ0n) is 12.1. The molecule has 0 amide bonds. The maximum absolute atomic E-state index is 6.42. The van der Waals surface area contributed by atoms with E-state index in [1.54, 1.807) is 0 Å². The summed E-state index contributed by atoms with van der Waals surface area (Å²) in [4.78, 5) is 12.1. The summed E-state index contributed by atoms with van der Waals surface area (Å²) in [5.41, 5.74) is 2.45. The van der Waals surface area contributed by atoms with Crippen molar-refractivity contribution in [1.82, 2.24) is 14.9 Å². The van der Waals surface area contributed by atoms with Crippen molar-refractivity contribution in [2.24, 2.45) is 0 Å². The SMILES string of the molecule is CN1C2CCC1CC(c1nc(Cl)c3c(n1)CCCC3)C2. The maximum Gasteiger partial charge on any atom is 0.136 e. The van der Waals surface area contributed by atoms with Crippen LogP contribution in [0, 0.1) is 0 Å². The van der Waals surface area contributed by atoms with E-state index in [0.29, 0.717) is 5.92 Å². The third kappa shape index (κ3) is 2.06. The fourth-order valence-corrected chi connectivity index (χ4v) is 4.66. The lowest BCUT2D eigenvalue weighted by atomic mass is 9.89. The first kappa shape index (κ1) is 13.0. The Morgan fingerprint density at radius 1 is 1.05 bits per heavy atom. The van der Waals surface area contributed by atoms with Gasteiger partial charge in [-0.3, -0.25) is 0 Å². The minimum absolute atomic E-state index is 0.522. The van der Waals surface area contributed by atoms with Crippen molar-refractivity contribution in [2.75, 3.05) is 7.05 Å². The lowest BCUT2D eigenvalue weighted by molar-refractivity contribution is 0.158. The van der Waals surface area contributed by atoms with Crippen molar-refractivity contribution >= 4 is 11.6 Å². The van der Waals surface area contributed by atoms with Crippen LogP contribution < -0.4 is 0 Å². The second kappa shape index (κ2) is 4.96. The van der Waals surface area contributed by atoms with Gasteiger partial charge in [-0.2, -0.15) is 0 Å². The molecule has 0 aromatic carbocycles. The van der Waals surface area contributed by atoms with E-state index >= 15 is 0 Å². The molecule has 0 saturated carbocycles. The second-order valence-corrected chi connectivity index (χ2v) is 7.08. The lowest BCUT2D eigenvalue weighted by Crippen LogP contribution is -2.39. The molecular weight excluding hydrogens is 270 g/mol. The molecule has 1 aliphatic carbocycles. The Morgan fingerprint density at radius 2 is 1.75 bits per heavy atom. The molecule has 2 unspecified atom stereocenters. The van der Waals surface area contributed by atoms with Gasteiger partial charge in [0.1, 0.15) is 11.0 Å². The normalized spacial score (nSPS) is 33.2. The summed E-state index contributed by atoms with van der Waals surface area (Å²) in [5.74, 6) is 1.55. The van der Waals surface area contributed by atoms with Crippen molar-refractivity contribution in [3.63, 3.8) is 0 Å². The van der Waals surface area contributed by atoms with Crippen molar-refractivity contribution in [1.29, 1.82) is 0 Å². The summed E-state index contributed by atoms with van der Waals surface area (Å²) in [6, 6.07) is 1.47. The molecule has 2 aliphatic heterocycles. The molecule has 1 aromatic rings.